The molecule has 1 heterocycles. The van der Waals surface area contributed by atoms with Gasteiger partial charge in [-0.25, -0.2) is 13.5 Å². The van der Waals surface area contributed by atoms with Crippen LogP contribution in [0.5, 0.6) is 0 Å². The summed E-state index contributed by atoms with van der Waals surface area (Å²) in [5.74, 6) is -1.96. The maximum absolute atomic E-state index is 14.0. The van der Waals surface area contributed by atoms with Crippen molar-refractivity contribution in [1.29, 1.82) is 0 Å². The minimum Gasteiger partial charge on any atom is -0.381 e. The monoisotopic (exact) mass is 281 g/mol. The molecule has 2 aromatic rings. The van der Waals surface area contributed by atoms with Gasteiger partial charge in [-0.3, -0.25) is 10.1 Å². The van der Waals surface area contributed by atoms with Crippen LogP contribution in [-0.2, 0) is 0 Å². The zero-order valence-electron chi connectivity index (χ0n) is 10.1. The van der Waals surface area contributed by atoms with Crippen molar-refractivity contribution in [1.82, 2.24) is 15.0 Å². The number of nitro benzene ring substituents is 1. The second-order valence-corrected chi connectivity index (χ2v) is 4.56. The Balaban J connectivity index is 2.27. The van der Waals surface area contributed by atoms with Crippen LogP contribution in [-0.4, -0.2) is 19.9 Å². The molecule has 0 atom stereocenters. The van der Waals surface area contributed by atoms with Gasteiger partial charge >= 0.3 is 5.69 Å². The molecule has 0 unspecified atom stereocenters. The van der Waals surface area contributed by atoms with E-state index < -0.39 is 27.9 Å². The summed E-state index contributed by atoms with van der Waals surface area (Å²) in [6.45, 7) is 0. The zero-order chi connectivity index (χ0) is 14.4. The summed E-state index contributed by atoms with van der Waals surface area (Å²) in [6, 6.07) is 1.21. The van der Waals surface area contributed by atoms with E-state index in [2.05, 4.69) is 10.3 Å². The Morgan fingerprint density at radius 1 is 1.40 bits per heavy atom. The first kappa shape index (κ1) is 12.5. The number of nitrogens with zero attached hydrogens (tertiary/aromatic N) is 4. The van der Waals surface area contributed by atoms with Crippen molar-refractivity contribution in [3.63, 3.8) is 0 Å². The molecule has 1 saturated carbocycles. The Morgan fingerprint density at radius 2 is 2.10 bits per heavy atom. The van der Waals surface area contributed by atoms with Crippen LogP contribution in [0.15, 0.2) is 12.1 Å². The number of anilines is 1. The number of halogens is 2. The summed E-state index contributed by atoms with van der Waals surface area (Å²) in [6.07, 6.45) is 1.66. The molecule has 1 aliphatic rings. The third-order valence-corrected chi connectivity index (χ3v) is 3.11. The van der Waals surface area contributed by atoms with Crippen LogP contribution < -0.4 is 5.73 Å². The van der Waals surface area contributed by atoms with Crippen molar-refractivity contribution in [3.8, 4) is 5.69 Å². The quantitative estimate of drug-likeness (QED) is 0.684. The maximum Gasteiger partial charge on any atom is 0.300 e. The minimum atomic E-state index is -1.08. The number of hydrogen-bond acceptors (Lipinski definition) is 5. The van der Waals surface area contributed by atoms with Crippen LogP contribution in [0.2, 0.25) is 0 Å². The van der Waals surface area contributed by atoms with Gasteiger partial charge < -0.3 is 5.73 Å². The lowest BCUT2D eigenvalue weighted by molar-refractivity contribution is -0.385. The largest absolute Gasteiger partial charge is 0.381 e. The summed E-state index contributed by atoms with van der Waals surface area (Å²) in [5, 5.41) is 18.3. The number of rotatable bonds is 3. The first-order valence-electron chi connectivity index (χ1n) is 5.84. The van der Waals surface area contributed by atoms with Crippen molar-refractivity contribution in [3.05, 3.63) is 39.6 Å². The molecular weight excluding hydrogens is 272 g/mol. The van der Waals surface area contributed by atoms with Gasteiger partial charge in [-0.1, -0.05) is 5.21 Å². The molecule has 0 aliphatic heterocycles. The van der Waals surface area contributed by atoms with Crippen LogP contribution in [0, 0.1) is 21.7 Å². The Labute approximate surface area is 111 Å². The molecule has 20 heavy (non-hydrogen) atoms. The molecule has 9 heteroatoms. The summed E-state index contributed by atoms with van der Waals surface area (Å²) >= 11 is 0. The number of nitrogens with two attached hydrogens (primary N) is 1. The van der Waals surface area contributed by atoms with Gasteiger partial charge in [-0.2, -0.15) is 0 Å². The van der Waals surface area contributed by atoms with E-state index in [0.717, 1.165) is 17.5 Å². The highest BCUT2D eigenvalue weighted by molar-refractivity contribution is 5.56. The molecule has 1 aromatic heterocycles. The van der Waals surface area contributed by atoms with E-state index in [1.54, 1.807) is 0 Å². The van der Waals surface area contributed by atoms with E-state index in [1.165, 1.54) is 0 Å². The molecule has 0 amide bonds. The fraction of sp³-hybridized carbons (Fsp3) is 0.273. The number of nitro groups is 1. The van der Waals surface area contributed by atoms with Gasteiger partial charge in [-0.05, 0) is 12.8 Å². The average Bonchev–Trinajstić information content (AvgIpc) is 3.12. The second-order valence-electron chi connectivity index (χ2n) is 4.56. The van der Waals surface area contributed by atoms with E-state index in [-0.39, 0.29) is 11.7 Å². The van der Waals surface area contributed by atoms with Crippen LogP contribution in [0.3, 0.4) is 0 Å². The smallest absolute Gasteiger partial charge is 0.300 e. The summed E-state index contributed by atoms with van der Waals surface area (Å²) < 4.78 is 28.1. The first-order valence-corrected chi connectivity index (χ1v) is 5.84. The normalized spacial score (nSPS) is 14.5. The first-order chi connectivity index (χ1) is 9.49. The molecule has 2 N–H and O–H groups in total. The van der Waals surface area contributed by atoms with Gasteiger partial charge in [-0.15, -0.1) is 5.10 Å². The molecule has 0 bridgehead atoms. The predicted octanol–water partition coefficient (Wildman–Crippen LogP) is 1.91. The van der Waals surface area contributed by atoms with E-state index in [1.807, 2.05) is 0 Å². The van der Waals surface area contributed by atoms with Gasteiger partial charge in [0.15, 0.2) is 17.3 Å². The third-order valence-electron chi connectivity index (χ3n) is 3.11. The highest BCUT2D eigenvalue weighted by Gasteiger charge is 2.34. The molecule has 1 aliphatic carbocycles. The lowest BCUT2D eigenvalue weighted by Crippen LogP contribution is -2.09. The number of aromatic nitrogens is 3. The number of hydrogen-bond donors (Lipinski definition) is 1. The van der Waals surface area contributed by atoms with Crippen molar-refractivity contribution < 1.29 is 13.7 Å². The number of benzene rings is 1. The second kappa shape index (κ2) is 4.22. The topological polar surface area (TPSA) is 99.9 Å². The molecule has 104 valence electrons. The molecule has 1 fully saturated rings. The fourth-order valence-electron chi connectivity index (χ4n) is 2.11. The maximum atomic E-state index is 14.0. The summed E-state index contributed by atoms with van der Waals surface area (Å²) in [4.78, 5) is 10.1. The minimum absolute atomic E-state index is 0.0501. The lowest BCUT2D eigenvalue weighted by atomic mass is 10.2. The molecule has 7 nitrogen and oxygen atoms in total. The fourth-order valence-corrected chi connectivity index (χ4v) is 2.11. The Hall–Kier alpha value is -2.58. The van der Waals surface area contributed by atoms with E-state index in [9.17, 15) is 18.9 Å². The molecule has 1 aromatic carbocycles. The molecular formula is C11H9F2N5O2. The highest BCUT2D eigenvalue weighted by Crippen LogP contribution is 2.43. The predicted molar refractivity (Wildman–Crippen MR) is 64.3 cm³/mol. The van der Waals surface area contributed by atoms with Crippen molar-refractivity contribution in [2.75, 3.05) is 5.73 Å². The summed E-state index contributed by atoms with van der Waals surface area (Å²) in [7, 11) is 0. The van der Waals surface area contributed by atoms with Gasteiger partial charge in [0.1, 0.15) is 5.82 Å². The molecule has 0 radical (unpaired) electrons. The van der Waals surface area contributed by atoms with E-state index in [4.69, 9.17) is 5.73 Å². The molecule has 0 spiro atoms. The number of nitrogen functional groups attached to an aromatic ring is 1. The van der Waals surface area contributed by atoms with Crippen LogP contribution in [0.4, 0.5) is 20.3 Å². The Bertz CT molecular complexity index is 711. The van der Waals surface area contributed by atoms with Crippen LogP contribution in [0.25, 0.3) is 5.69 Å². The standard InChI is InChI=1S/C11H9F2N5O2/c12-6-3-7(13)10(8(4-6)18(19)20)17-9(5-1-2-5)11(14)15-16-17/h3-5H,1-2,14H2. The summed E-state index contributed by atoms with van der Waals surface area (Å²) in [5.41, 5.74) is 4.94. The van der Waals surface area contributed by atoms with Gasteiger partial charge in [0.25, 0.3) is 0 Å². The lowest BCUT2D eigenvalue weighted by Gasteiger charge is -2.07. The van der Waals surface area contributed by atoms with Gasteiger partial charge in [0.05, 0.1) is 16.7 Å². The van der Waals surface area contributed by atoms with Crippen molar-refractivity contribution in [2.24, 2.45) is 0 Å². The van der Waals surface area contributed by atoms with Crippen LogP contribution >= 0.6 is 0 Å². The van der Waals surface area contributed by atoms with Crippen molar-refractivity contribution >= 4 is 11.5 Å². The van der Waals surface area contributed by atoms with Gasteiger partial charge in [0, 0.05) is 12.0 Å². The van der Waals surface area contributed by atoms with Gasteiger partial charge in [0.2, 0.25) is 0 Å². The Kier molecular flexibility index (Phi) is 2.63. The average molecular weight is 281 g/mol. The molecule has 0 saturated heterocycles. The third kappa shape index (κ3) is 1.87. The van der Waals surface area contributed by atoms with E-state index in [0.29, 0.717) is 17.8 Å². The van der Waals surface area contributed by atoms with Crippen LogP contribution in [0.1, 0.15) is 24.5 Å². The SMILES string of the molecule is Nc1nnn(-c2c(F)cc(F)cc2[N+](=O)[O-])c1C1CC1. The highest BCUT2D eigenvalue weighted by atomic mass is 19.1. The zero-order valence-corrected chi connectivity index (χ0v) is 10.1. The molecule has 3 rings (SSSR count). The Morgan fingerprint density at radius 3 is 2.70 bits per heavy atom. The van der Waals surface area contributed by atoms with Crippen molar-refractivity contribution in [2.45, 2.75) is 18.8 Å². The van der Waals surface area contributed by atoms with E-state index >= 15 is 0 Å².